The van der Waals surface area contributed by atoms with Gasteiger partial charge in [-0.05, 0) is 39.5 Å². The van der Waals surface area contributed by atoms with Gasteiger partial charge in [-0.25, -0.2) is 0 Å². The van der Waals surface area contributed by atoms with Gasteiger partial charge in [-0.1, -0.05) is 71.3 Å². The smallest absolute Gasteiger partial charge is 0.246 e. The maximum atomic E-state index is 11.8. The third kappa shape index (κ3) is 17.0. The van der Waals surface area contributed by atoms with Crippen LogP contribution in [0.3, 0.4) is 0 Å². The second-order valence-electron chi connectivity index (χ2n) is 8.56. The Hall–Kier alpha value is -1.16. The van der Waals surface area contributed by atoms with Crippen LogP contribution >= 0.6 is 0 Å². The summed E-state index contributed by atoms with van der Waals surface area (Å²) in [6.07, 6.45) is 15.8. The number of ketones is 1. The van der Waals surface area contributed by atoms with E-state index in [9.17, 15) is 14.7 Å². The van der Waals surface area contributed by atoms with Gasteiger partial charge in [-0.2, -0.15) is 0 Å². The Kier molecular flexibility index (Phi) is 16.1. The maximum absolute atomic E-state index is 11.8. The summed E-state index contributed by atoms with van der Waals surface area (Å²) in [5.74, 6) is 0.266. The van der Waals surface area contributed by atoms with Gasteiger partial charge in [-0.3, -0.25) is 9.59 Å². The third-order valence-electron chi connectivity index (χ3n) is 5.51. The fourth-order valence-corrected chi connectivity index (χ4v) is 3.10. The highest BCUT2D eigenvalue weighted by Gasteiger charge is 2.18. The van der Waals surface area contributed by atoms with Crippen LogP contribution in [0.15, 0.2) is 12.2 Å². The molecule has 0 bridgehead atoms. The number of unbranched alkanes of at least 4 members (excludes halogenated alkanes) is 10. The van der Waals surface area contributed by atoms with Crippen LogP contribution in [0.1, 0.15) is 117 Å². The van der Waals surface area contributed by atoms with E-state index in [-0.39, 0.29) is 5.91 Å². The molecule has 0 aromatic rings. The number of rotatable bonds is 19. The van der Waals surface area contributed by atoms with Crippen molar-refractivity contribution in [3.05, 3.63) is 12.2 Å². The normalized spacial score (nSPS) is 13.1. The summed E-state index contributed by atoms with van der Waals surface area (Å²) >= 11 is 0. The van der Waals surface area contributed by atoms with Crippen LogP contribution in [-0.4, -0.2) is 28.9 Å². The van der Waals surface area contributed by atoms with Gasteiger partial charge in [0.15, 0.2) is 0 Å². The van der Waals surface area contributed by atoms with Crippen LogP contribution in [-0.2, 0) is 9.59 Å². The Morgan fingerprint density at radius 1 is 0.857 bits per heavy atom. The Labute approximate surface area is 173 Å². The van der Waals surface area contributed by atoms with Crippen LogP contribution in [0.5, 0.6) is 0 Å². The Balaban J connectivity index is 3.28. The summed E-state index contributed by atoms with van der Waals surface area (Å²) in [7, 11) is 0. The molecule has 4 nitrogen and oxygen atoms in total. The van der Waals surface area contributed by atoms with E-state index in [1.807, 2.05) is 13.8 Å². The first-order valence-corrected chi connectivity index (χ1v) is 11.5. The molecule has 0 aliphatic carbocycles. The van der Waals surface area contributed by atoms with Crippen LogP contribution in [0.4, 0.5) is 0 Å². The SMILES string of the molecule is C=C(C)C(=O)NCCCCCCCCCCCCCC(=O)CCC(C)(O)CC. The lowest BCUT2D eigenvalue weighted by atomic mass is 9.94. The average molecular weight is 396 g/mol. The molecule has 4 heteroatoms. The van der Waals surface area contributed by atoms with Crippen LogP contribution < -0.4 is 5.32 Å². The maximum Gasteiger partial charge on any atom is 0.246 e. The van der Waals surface area contributed by atoms with Crippen molar-refractivity contribution in [2.75, 3.05) is 6.54 Å². The van der Waals surface area contributed by atoms with E-state index in [0.29, 0.717) is 37.0 Å². The number of Topliss-reactive ketones (excluding diaryl/α,β-unsaturated/α-hetero) is 1. The van der Waals surface area contributed by atoms with Crippen molar-refractivity contribution in [3.8, 4) is 0 Å². The number of nitrogens with one attached hydrogen (secondary N) is 1. The highest BCUT2D eigenvalue weighted by atomic mass is 16.3. The second-order valence-corrected chi connectivity index (χ2v) is 8.56. The molecular formula is C24H45NO3. The molecule has 0 aliphatic heterocycles. The first-order chi connectivity index (χ1) is 13.3. The van der Waals surface area contributed by atoms with Gasteiger partial charge in [0, 0.05) is 25.0 Å². The largest absolute Gasteiger partial charge is 0.390 e. The lowest BCUT2D eigenvalue weighted by molar-refractivity contribution is -0.120. The van der Waals surface area contributed by atoms with Gasteiger partial charge in [0.1, 0.15) is 5.78 Å². The molecule has 0 heterocycles. The average Bonchev–Trinajstić information content (AvgIpc) is 2.66. The molecule has 0 aromatic carbocycles. The number of aliphatic hydroxyl groups is 1. The monoisotopic (exact) mass is 395 g/mol. The zero-order valence-electron chi connectivity index (χ0n) is 18.8. The summed E-state index contributed by atoms with van der Waals surface area (Å²) in [5.41, 5.74) is -0.108. The number of carbonyl (C=O) groups is 2. The first-order valence-electron chi connectivity index (χ1n) is 11.5. The van der Waals surface area contributed by atoms with Gasteiger partial charge in [0.25, 0.3) is 0 Å². The minimum Gasteiger partial charge on any atom is -0.390 e. The van der Waals surface area contributed by atoms with Crippen molar-refractivity contribution in [1.29, 1.82) is 0 Å². The van der Waals surface area contributed by atoms with Crippen molar-refractivity contribution in [1.82, 2.24) is 5.32 Å². The molecule has 164 valence electrons. The molecule has 1 amide bonds. The van der Waals surface area contributed by atoms with Gasteiger partial charge < -0.3 is 10.4 Å². The van der Waals surface area contributed by atoms with Crippen molar-refractivity contribution in [3.63, 3.8) is 0 Å². The fourth-order valence-electron chi connectivity index (χ4n) is 3.10. The van der Waals surface area contributed by atoms with E-state index >= 15 is 0 Å². The summed E-state index contributed by atoms with van der Waals surface area (Å²) < 4.78 is 0. The fraction of sp³-hybridized carbons (Fsp3) is 0.833. The Morgan fingerprint density at radius 3 is 1.79 bits per heavy atom. The molecule has 0 spiro atoms. The van der Waals surface area contributed by atoms with Crippen molar-refractivity contribution in [2.24, 2.45) is 0 Å². The van der Waals surface area contributed by atoms with E-state index in [1.165, 1.54) is 51.4 Å². The molecule has 0 radical (unpaired) electrons. The quantitative estimate of drug-likeness (QED) is 0.212. The lowest BCUT2D eigenvalue weighted by Gasteiger charge is -2.20. The zero-order chi connectivity index (χ0) is 21.3. The van der Waals surface area contributed by atoms with Crippen LogP contribution in [0.25, 0.3) is 0 Å². The zero-order valence-corrected chi connectivity index (χ0v) is 18.8. The molecule has 0 saturated heterocycles. The molecule has 2 N–H and O–H groups in total. The summed E-state index contributed by atoms with van der Waals surface area (Å²) in [4.78, 5) is 23.2. The topological polar surface area (TPSA) is 66.4 Å². The van der Waals surface area contributed by atoms with Gasteiger partial charge in [0.2, 0.25) is 5.91 Å². The second kappa shape index (κ2) is 16.8. The highest BCUT2D eigenvalue weighted by molar-refractivity contribution is 5.91. The van der Waals surface area contributed by atoms with Crippen molar-refractivity contribution < 1.29 is 14.7 Å². The lowest BCUT2D eigenvalue weighted by Crippen LogP contribution is -2.24. The molecule has 1 unspecified atom stereocenters. The Morgan fingerprint density at radius 2 is 1.32 bits per heavy atom. The highest BCUT2D eigenvalue weighted by Crippen LogP contribution is 2.17. The number of hydrogen-bond donors (Lipinski definition) is 2. The van der Waals surface area contributed by atoms with Crippen molar-refractivity contribution >= 4 is 11.7 Å². The molecule has 0 saturated carbocycles. The van der Waals surface area contributed by atoms with Crippen LogP contribution in [0, 0.1) is 0 Å². The predicted octanol–water partition coefficient (Wildman–Crippen LogP) is 5.87. The summed E-state index contributed by atoms with van der Waals surface area (Å²) in [6, 6.07) is 0. The van der Waals surface area contributed by atoms with Crippen LogP contribution in [0.2, 0.25) is 0 Å². The summed E-state index contributed by atoms with van der Waals surface area (Å²) in [6.45, 7) is 9.88. The standard InChI is InChI=1S/C24H45NO3/c1-5-24(4,28)19-18-22(26)17-15-13-11-9-7-6-8-10-12-14-16-20-25-23(27)21(2)3/h28H,2,5-20H2,1,3-4H3,(H,25,27). The summed E-state index contributed by atoms with van der Waals surface area (Å²) in [5, 5.41) is 12.8. The predicted molar refractivity (Wildman–Crippen MR) is 118 cm³/mol. The molecule has 1 atom stereocenters. The number of hydrogen-bond acceptors (Lipinski definition) is 3. The van der Waals surface area contributed by atoms with Gasteiger partial charge in [-0.15, -0.1) is 0 Å². The minimum atomic E-state index is -0.684. The van der Waals surface area contributed by atoms with Crippen molar-refractivity contribution in [2.45, 2.75) is 123 Å². The van der Waals surface area contributed by atoms with E-state index in [4.69, 9.17) is 0 Å². The molecule has 0 aromatic heterocycles. The molecule has 28 heavy (non-hydrogen) atoms. The Bertz CT molecular complexity index is 443. The molecule has 0 rings (SSSR count). The van der Waals surface area contributed by atoms with E-state index in [2.05, 4.69) is 11.9 Å². The number of carbonyl (C=O) groups excluding carboxylic acids is 2. The van der Waals surface area contributed by atoms with E-state index in [0.717, 1.165) is 25.8 Å². The van der Waals surface area contributed by atoms with E-state index in [1.54, 1.807) is 6.92 Å². The molecule has 0 aliphatic rings. The molecule has 0 fully saturated rings. The van der Waals surface area contributed by atoms with Gasteiger partial charge >= 0.3 is 0 Å². The minimum absolute atomic E-state index is 0.0333. The van der Waals surface area contributed by atoms with E-state index < -0.39 is 5.60 Å². The third-order valence-corrected chi connectivity index (χ3v) is 5.51. The first kappa shape index (κ1) is 26.8. The molecular weight excluding hydrogens is 350 g/mol. The number of amides is 1. The van der Waals surface area contributed by atoms with Gasteiger partial charge in [0.05, 0.1) is 5.60 Å².